The highest BCUT2D eigenvalue weighted by molar-refractivity contribution is 6.36. The number of carboxylic acids is 1. The predicted molar refractivity (Wildman–Crippen MR) is 53.6 cm³/mol. The summed E-state index contributed by atoms with van der Waals surface area (Å²) in [6.07, 6.45) is -0.761. The smallest absolute Gasteiger partial charge is 0.334 e. The van der Waals surface area contributed by atoms with Gasteiger partial charge in [0.25, 0.3) is 0 Å². The van der Waals surface area contributed by atoms with Gasteiger partial charge in [0.2, 0.25) is 0 Å². The van der Waals surface area contributed by atoms with Crippen molar-refractivity contribution in [3.8, 4) is 0 Å². The molecule has 1 atom stereocenters. The summed E-state index contributed by atoms with van der Waals surface area (Å²) in [7, 11) is 0. The first-order chi connectivity index (χ1) is 6.63. The lowest BCUT2D eigenvalue weighted by Gasteiger charge is -2.30. The van der Waals surface area contributed by atoms with E-state index in [9.17, 15) is 4.79 Å². The van der Waals surface area contributed by atoms with Crippen LogP contribution >= 0.6 is 23.2 Å². The van der Waals surface area contributed by atoms with Crippen LogP contribution in [0, 0.1) is 0 Å². The number of morpholine rings is 1. The predicted octanol–water partition coefficient (Wildman–Crippen LogP) is 1.09. The van der Waals surface area contributed by atoms with E-state index in [0.717, 1.165) is 0 Å². The maximum atomic E-state index is 10.6. The fourth-order valence-electron chi connectivity index (χ4n) is 1.24. The van der Waals surface area contributed by atoms with Crippen LogP contribution in [0.3, 0.4) is 0 Å². The number of hydrogen-bond donors (Lipinski definition) is 1. The highest BCUT2D eigenvalue weighted by Gasteiger charge is 2.26. The summed E-state index contributed by atoms with van der Waals surface area (Å²) in [6, 6.07) is 0. The van der Waals surface area contributed by atoms with Gasteiger partial charge in [0, 0.05) is 30.2 Å². The summed E-state index contributed by atoms with van der Waals surface area (Å²) in [4.78, 5) is 12.5. The van der Waals surface area contributed by atoms with Crippen LogP contribution in [-0.4, -0.2) is 48.3 Å². The van der Waals surface area contributed by atoms with Crippen LogP contribution in [0.4, 0.5) is 0 Å². The average molecular weight is 240 g/mol. The molecule has 1 rings (SSSR count). The van der Waals surface area contributed by atoms with Crippen molar-refractivity contribution in [1.82, 2.24) is 4.90 Å². The van der Waals surface area contributed by atoms with Crippen LogP contribution in [0.25, 0.3) is 0 Å². The molecule has 4 nitrogen and oxygen atoms in total. The maximum Gasteiger partial charge on any atom is 0.334 e. The molecule has 0 aromatic carbocycles. The van der Waals surface area contributed by atoms with Gasteiger partial charge in [0.1, 0.15) is 0 Å². The number of nitrogens with zero attached hydrogens (tertiary/aromatic N) is 1. The van der Waals surface area contributed by atoms with E-state index in [-0.39, 0.29) is 0 Å². The average Bonchev–Trinajstić information content (AvgIpc) is 2.18. The highest BCUT2D eigenvalue weighted by Crippen LogP contribution is 2.11. The molecule has 0 aliphatic carbocycles. The van der Waals surface area contributed by atoms with Crippen molar-refractivity contribution in [2.24, 2.45) is 0 Å². The standard InChI is InChI=1S/C8H11Cl2NO3/c9-3-6(10)4-11-1-2-14-7(5-11)8(12)13/h3,7H,1-2,4-5H2,(H,12,13). The Bertz CT molecular complexity index is 245. The monoisotopic (exact) mass is 239 g/mol. The van der Waals surface area contributed by atoms with Gasteiger partial charge in [-0.2, -0.15) is 0 Å². The molecule has 14 heavy (non-hydrogen) atoms. The lowest BCUT2D eigenvalue weighted by molar-refractivity contribution is -0.155. The third-order valence-electron chi connectivity index (χ3n) is 1.92. The molecule has 0 amide bonds. The van der Waals surface area contributed by atoms with Gasteiger partial charge in [-0.3, -0.25) is 4.90 Å². The van der Waals surface area contributed by atoms with Crippen LogP contribution in [0.5, 0.6) is 0 Å². The molecule has 1 aliphatic heterocycles. The second kappa shape index (κ2) is 5.56. The Morgan fingerprint density at radius 3 is 3.00 bits per heavy atom. The minimum absolute atomic E-state index is 0.344. The van der Waals surface area contributed by atoms with Gasteiger partial charge in [0.15, 0.2) is 6.10 Å². The number of halogens is 2. The molecule has 0 aromatic heterocycles. The van der Waals surface area contributed by atoms with Gasteiger partial charge in [-0.1, -0.05) is 23.2 Å². The molecule has 1 unspecified atom stereocenters. The van der Waals surface area contributed by atoms with Crippen molar-refractivity contribution in [1.29, 1.82) is 0 Å². The third-order valence-corrected chi connectivity index (χ3v) is 2.52. The second-order valence-corrected chi connectivity index (χ2v) is 3.69. The summed E-state index contributed by atoms with van der Waals surface area (Å²) in [5.74, 6) is -0.944. The molecule has 0 radical (unpaired) electrons. The normalized spacial score (nSPS) is 25.0. The van der Waals surface area contributed by atoms with Crippen molar-refractivity contribution >= 4 is 29.2 Å². The molecule has 1 saturated heterocycles. The molecule has 1 N–H and O–H groups in total. The van der Waals surface area contributed by atoms with Gasteiger partial charge in [-0.15, -0.1) is 0 Å². The van der Waals surface area contributed by atoms with Crippen LogP contribution < -0.4 is 0 Å². The first-order valence-corrected chi connectivity index (χ1v) is 4.96. The van der Waals surface area contributed by atoms with Crippen LogP contribution in [-0.2, 0) is 9.53 Å². The number of rotatable bonds is 3. The van der Waals surface area contributed by atoms with E-state index in [0.29, 0.717) is 31.3 Å². The summed E-state index contributed by atoms with van der Waals surface area (Å²) < 4.78 is 5.05. The molecule has 6 heteroatoms. The van der Waals surface area contributed by atoms with Gasteiger partial charge in [0.05, 0.1) is 6.61 Å². The summed E-state index contributed by atoms with van der Waals surface area (Å²) in [5, 5.41) is 9.22. The number of ether oxygens (including phenoxy) is 1. The zero-order valence-electron chi connectivity index (χ0n) is 7.45. The first-order valence-electron chi connectivity index (χ1n) is 4.15. The van der Waals surface area contributed by atoms with Crippen molar-refractivity contribution < 1.29 is 14.6 Å². The fraction of sp³-hybridized carbons (Fsp3) is 0.625. The van der Waals surface area contributed by atoms with Gasteiger partial charge in [-0.25, -0.2) is 4.79 Å². The Labute approximate surface area is 92.0 Å². The molecule has 0 saturated carbocycles. The molecule has 1 heterocycles. The van der Waals surface area contributed by atoms with Crippen LogP contribution in [0.15, 0.2) is 10.6 Å². The lowest BCUT2D eigenvalue weighted by atomic mass is 10.3. The summed E-state index contributed by atoms with van der Waals surface area (Å²) in [6.45, 7) is 1.89. The highest BCUT2D eigenvalue weighted by atomic mass is 35.5. The molecule has 80 valence electrons. The van der Waals surface area contributed by atoms with Crippen LogP contribution in [0.1, 0.15) is 0 Å². The van der Waals surface area contributed by atoms with E-state index >= 15 is 0 Å². The second-order valence-electron chi connectivity index (χ2n) is 2.99. The number of carbonyl (C=O) groups is 1. The number of carboxylic acid groups (broad SMARTS) is 1. The zero-order valence-corrected chi connectivity index (χ0v) is 8.96. The van der Waals surface area contributed by atoms with Gasteiger partial charge < -0.3 is 9.84 Å². The molecule has 0 spiro atoms. The van der Waals surface area contributed by atoms with E-state index in [1.54, 1.807) is 0 Å². The van der Waals surface area contributed by atoms with Crippen molar-refractivity contribution in [2.75, 3.05) is 26.2 Å². The SMILES string of the molecule is O=C(O)C1CN(CC(Cl)=CCl)CCO1. The Hall–Kier alpha value is -0.290. The molecule has 1 fully saturated rings. The Balaban J connectivity index is 2.44. The Morgan fingerprint density at radius 1 is 1.71 bits per heavy atom. The van der Waals surface area contributed by atoms with E-state index < -0.39 is 12.1 Å². The number of aliphatic carboxylic acids is 1. The fourth-order valence-corrected chi connectivity index (χ4v) is 1.48. The van der Waals surface area contributed by atoms with Gasteiger partial charge in [-0.05, 0) is 0 Å². The molecular weight excluding hydrogens is 229 g/mol. The van der Waals surface area contributed by atoms with Crippen molar-refractivity contribution in [3.05, 3.63) is 10.6 Å². The van der Waals surface area contributed by atoms with Crippen molar-refractivity contribution in [3.63, 3.8) is 0 Å². The minimum atomic E-state index is -0.944. The van der Waals surface area contributed by atoms with E-state index in [1.165, 1.54) is 5.54 Å². The van der Waals surface area contributed by atoms with Gasteiger partial charge >= 0.3 is 5.97 Å². The topological polar surface area (TPSA) is 49.8 Å². The maximum absolute atomic E-state index is 10.6. The first kappa shape index (κ1) is 11.8. The van der Waals surface area contributed by atoms with E-state index in [2.05, 4.69) is 0 Å². The molecule has 0 bridgehead atoms. The largest absolute Gasteiger partial charge is 0.479 e. The summed E-state index contributed by atoms with van der Waals surface area (Å²) >= 11 is 11.1. The van der Waals surface area contributed by atoms with E-state index in [1.807, 2.05) is 4.90 Å². The molecule has 1 aliphatic rings. The lowest BCUT2D eigenvalue weighted by Crippen LogP contribution is -2.46. The zero-order chi connectivity index (χ0) is 10.6. The third kappa shape index (κ3) is 3.46. The summed E-state index contributed by atoms with van der Waals surface area (Å²) in [5.41, 5.74) is 1.28. The van der Waals surface area contributed by atoms with Crippen LogP contribution in [0.2, 0.25) is 0 Å². The Morgan fingerprint density at radius 2 is 2.43 bits per heavy atom. The Kier molecular flexibility index (Phi) is 4.68. The quantitative estimate of drug-likeness (QED) is 0.802. The minimum Gasteiger partial charge on any atom is -0.479 e. The molecular formula is C8H11Cl2NO3. The van der Waals surface area contributed by atoms with E-state index in [4.69, 9.17) is 33.0 Å². The number of hydrogen-bond acceptors (Lipinski definition) is 3. The van der Waals surface area contributed by atoms with Crippen molar-refractivity contribution in [2.45, 2.75) is 6.10 Å². The molecule has 0 aromatic rings.